The summed E-state index contributed by atoms with van der Waals surface area (Å²) in [5, 5.41) is 0. The second kappa shape index (κ2) is 9.51. The van der Waals surface area contributed by atoms with Crippen LogP contribution in [0.4, 0.5) is 4.39 Å². The summed E-state index contributed by atoms with van der Waals surface area (Å²) < 4.78 is 15.7. The first-order valence-electron chi connectivity index (χ1n) is 10.8. The number of rotatable bonds is 1. The molecule has 0 saturated heterocycles. The Morgan fingerprint density at radius 3 is 1.74 bits per heavy atom. The monoisotopic (exact) mass is 404 g/mol. The van der Waals surface area contributed by atoms with E-state index in [0.29, 0.717) is 11.1 Å². The van der Waals surface area contributed by atoms with Gasteiger partial charge in [-0.2, -0.15) is 0 Å². The van der Waals surface area contributed by atoms with Gasteiger partial charge in [-0.05, 0) is 81.5 Å². The van der Waals surface area contributed by atoms with Crippen molar-refractivity contribution < 1.29 is 4.39 Å². The molecule has 0 bridgehead atoms. The Kier molecular flexibility index (Phi) is 6.35. The molecule has 0 spiro atoms. The normalized spacial score (nSPS) is 12.8. The zero-order valence-corrected chi connectivity index (χ0v) is 18.1. The first-order valence-corrected chi connectivity index (χ1v) is 10.8. The van der Waals surface area contributed by atoms with Crippen molar-refractivity contribution in [2.75, 3.05) is 0 Å². The van der Waals surface area contributed by atoms with Gasteiger partial charge in [-0.3, -0.25) is 0 Å². The van der Waals surface area contributed by atoms with Crippen LogP contribution in [0.2, 0.25) is 0 Å². The molecule has 0 atom stereocenters. The maximum Gasteiger partial charge on any atom is 0.147 e. The van der Waals surface area contributed by atoms with E-state index in [1.54, 1.807) is 6.07 Å². The van der Waals surface area contributed by atoms with E-state index >= 15 is 4.39 Å². The standard InChI is InChI=1S/C30H25F/c1-22-8-12-24(13-9-22)16-18-27-20-21-28(19-17-25-14-10-23(2)11-15-25)30(31)29(27)26-6-4-3-5-7-26/h6,8-15,20-21H,3-5,7H2,1-2H3. The minimum absolute atomic E-state index is 0.261. The molecule has 0 nitrogen and oxygen atoms in total. The van der Waals surface area contributed by atoms with Gasteiger partial charge in [-0.25, -0.2) is 4.39 Å². The van der Waals surface area contributed by atoms with Gasteiger partial charge in [-0.1, -0.05) is 65.2 Å². The lowest BCUT2D eigenvalue weighted by atomic mass is 9.89. The highest BCUT2D eigenvalue weighted by Crippen LogP contribution is 2.32. The Labute approximate surface area is 184 Å². The van der Waals surface area contributed by atoms with E-state index in [1.807, 2.05) is 61.5 Å². The van der Waals surface area contributed by atoms with Crippen molar-refractivity contribution in [1.82, 2.24) is 0 Å². The van der Waals surface area contributed by atoms with Crippen LogP contribution in [0.3, 0.4) is 0 Å². The molecule has 152 valence electrons. The van der Waals surface area contributed by atoms with Gasteiger partial charge in [-0.15, -0.1) is 0 Å². The average Bonchev–Trinajstić information content (AvgIpc) is 2.80. The van der Waals surface area contributed by atoms with Crippen LogP contribution in [0.15, 0.2) is 66.7 Å². The van der Waals surface area contributed by atoms with Gasteiger partial charge >= 0.3 is 0 Å². The van der Waals surface area contributed by atoms with Crippen LogP contribution in [0, 0.1) is 43.3 Å². The van der Waals surface area contributed by atoms with Crippen LogP contribution < -0.4 is 0 Å². The van der Waals surface area contributed by atoms with Gasteiger partial charge in [0.1, 0.15) is 5.82 Å². The molecule has 0 aliphatic heterocycles. The van der Waals surface area contributed by atoms with Gasteiger partial charge in [0.25, 0.3) is 0 Å². The summed E-state index contributed by atoms with van der Waals surface area (Å²) >= 11 is 0. The molecule has 0 unspecified atom stereocenters. The second-order valence-corrected chi connectivity index (χ2v) is 8.06. The molecule has 1 aliphatic carbocycles. The van der Waals surface area contributed by atoms with Crippen LogP contribution >= 0.6 is 0 Å². The van der Waals surface area contributed by atoms with Crippen molar-refractivity contribution >= 4 is 5.57 Å². The van der Waals surface area contributed by atoms with Crippen LogP contribution in [0.1, 0.15) is 64.6 Å². The summed E-state index contributed by atoms with van der Waals surface area (Å²) in [4.78, 5) is 0. The maximum absolute atomic E-state index is 15.7. The van der Waals surface area contributed by atoms with Gasteiger partial charge in [0.2, 0.25) is 0 Å². The molecule has 0 saturated carbocycles. The molecule has 0 N–H and O–H groups in total. The maximum atomic E-state index is 15.7. The summed E-state index contributed by atoms with van der Waals surface area (Å²) in [5.41, 5.74) is 7.01. The molecule has 0 amide bonds. The van der Waals surface area contributed by atoms with Crippen molar-refractivity contribution in [2.45, 2.75) is 39.5 Å². The van der Waals surface area contributed by atoms with Gasteiger partial charge in [0.05, 0.1) is 5.56 Å². The highest BCUT2D eigenvalue weighted by Gasteiger charge is 2.17. The first kappa shape index (κ1) is 20.7. The Bertz CT molecular complexity index is 1230. The third-order valence-corrected chi connectivity index (χ3v) is 5.54. The summed E-state index contributed by atoms with van der Waals surface area (Å²) in [7, 11) is 0. The number of benzene rings is 3. The zero-order valence-electron chi connectivity index (χ0n) is 18.1. The predicted molar refractivity (Wildman–Crippen MR) is 127 cm³/mol. The number of halogens is 1. The number of aryl methyl sites for hydroxylation is 2. The molecule has 0 fully saturated rings. The molecule has 0 heterocycles. The highest BCUT2D eigenvalue weighted by atomic mass is 19.1. The second-order valence-electron chi connectivity index (χ2n) is 8.06. The molecule has 31 heavy (non-hydrogen) atoms. The Morgan fingerprint density at radius 2 is 1.19 bits per heavy atom. The van der Waals surface area contributed by atoms with E-state index in [1.165, 1.54) is 11.1 Å². The molecule has 1 heteroatoms. The fourth-order valence-corrected chi connectivity index (χ4v) is 3.71. The highest BCUT2D eigenvalue weighted by molar-refractivity contribution is 5.74. The van der Waals surface area contributed by atoms with E-state index in [2.05, 4.69) is 36.7 Å². The van der Waals surface area contributed by atoms with E-state index in [9.17, 15) is 0 Å². The molecule has 3 aromatic carbocycles. The lowest BCUT2D eigenvalue weighted by Gasteiger charge is -2.16. The molecule has 1 aliphatic rings. The number of hydrogen-bond acceptors (Lipinski definition) is 0. The van der Waals surface area contributed by atoms with Crippen molar-refractivity contribution in [3.63, 3.8) is 0 Å². The van der Waals surface area contributed by atoms with E-state index in [-0.39, 0.29) is 5.82 Å². The Morgan fingerprint density at radius 1 is 0.645 bits per heavy atom. The Hall–Kier alpha value is -3.55. The fourth-order valence-electron chi connectivity index (χ4n) is 3.71. The van der Waals surface area contributed by atoms with E-state index in [4.69, 9.17) is 0 Å². The molecule has 4 rings (SSSR count). The molecular formula is C30H25F. The molecular weight excluding hydrogens is 379 g/mol. The minimum Gasteiger partial charge on any atom is -0.205 e. The van der Waals surface area contributed by atoms with E-state index in [0.717, 1.165) is 47.9 Å². The number of allylic oxidation sites excluding steroid dienone is 2. The van der Waals surface area contributed by atoms with Crippen molar-refractivity contribution in [3.8, 4) is 23.7 Å². The van der Waals surface area contributed by atoms with Gasteiger partial charge < -0.3 is 0 Å². The first-order chi connectivity index (χ1) is 15.1. The molecule has 3 aromatic rings. The lowest BCUT2D eigenvalue weighted by molar-refractivity contribution is 0.616. The van der Waals surface area contributed by atoms with Gasteiger partial charge in [0.15, 0.2) is 0 Å². The summed E-state index contributed by atoms with van der Waals surface area (Å²) in [6.45, 7) is 4.09. The quantitative estimate of drug-likeness (QED) is 0.376. The van der Waals surface area contributed by atoms with Crippen molar-refractivity contribution in [1.29, 1.82) is 0 Å². The van der Waals surface area contributed by atoms with Crippen LogP contribution in [0.5, 0.6) is 0 Å². The summed E-state index contributed by atoms with van der Waals surface area (Å²) in [5.74, 6) is 12.3. The van der Waals surface area contributed by atoms with Crippen molar-refractivity contribution in [3.05, 3.63) is 112 Å². The van der Waals surface area contributed by atoms with Crippen LogP contribution in [0.25, 0.3) is 5.57 Å². The van der Waals surface area contributed by atoms with Gasteiger partial charge in [0, 0.05) is 22.3 Å². The summed E-state index contributed by atoms with van der Waals surface area (Å²) in [6, 6.07) is 19.7. The smallest absolute Gasteiger partial charge is 0.147 e. The lowest BCUT2D eigenvalue weighted by Crippen LogP contribution is -2.01. The average molecular weight is 405 g/mol. The van der Waals surface area contributed by atoms with Crippen LogP contribution in [-0.2, 0) is 0 Å². The topological polar surface area (TPSA) is 0 Å². The largest absolute Gasteiger partial charge is 0.205 e. The third kappa shape index (κ3) is 5.14. The number of hydrogen-bond donors (Lipinski definition) is 0. The summed E-state index contributed by atoms with van der Waals surface area (Å²) in [6.07, 6.45) is 6.26. The fraction of sp³-hybridized carbons (Fsp3) is 0.200. The Balaban J connectivity index is 1.76. The third-order valence-electron chi connectivity index (χ3n) is 5.54. The van der Waals surface area contributed by atoms with Crippen molar-refractivity contribution in [2.24, 2.45) is 0 Å². The molecule has 0 radical (unpaired) electrons. The molecule has 0 aromatic heterocycles. The van der Waals surface area contributed by atoms with Crippen LogP contribution in [-0.4, -0.2) is 0 Å². The minimum atomic E-state index is -0.261. The SMILES string of the molecule is Cc1ccc(C#Cc2ccc(C#Cc3ccc(C)cc3)c(C3=CCCCC3)c2F)cc1. The predicted octanol–water partition coefficient (Wildman–Crippen LogP) is 7.20. The van der Waals surface area contributed by atoms with E-state index < -0.39 is 0 Å². The zero-order chi connectivity index (χ0) is 21.6.